The summed E-state index contributed by atoms with van der Waals surface area (Å²) >= 11 is 0. The third-order valence-corrected chi connectivity index (χ3v) is 3.27. The number of hydrogen-bond acceptors (Lipinski definition) is 1. The third-order valence-electron chi connectivity index (χ3n) is 3.27. The lowest BCUT2D eigenvalue weighted by Gasteiger charge is -2.21. The third kappa shape index (κ3) is 3.08. The van der Waals surface area contributed by atoms with Gasteiger partial charge in [-0.25, -0.2) is 17.6 Å². The smallest absolute Gasteiger partial charge is 0.134 e. The molecular formula is C16H15F4N. The SMILES string of the molecule is CCNC(c1cccc(C)c1F)c1c(F)cc(F)cc1F. The minimum Gasteiger partial charge on any atom is -0.306 e. The van der Waals surface area contributed by atoms with Crippen LogP contribution < -0.4 is 5.32 Å². The summed E-state index contributed by atoms with van der Waals surface area (Å²) in [6, 6.07) is 4.80. The van der Waals surface area contributed by atoms with Crippen molar-refractivity contribution in [1.29, 1.82) is 0 Å². The highest BCUT2D eigenvalue weighted by molar-refractivity contribution is 5.37. The van der Waals surface area contributed by atoms with Crippen molar-refractivity contribution in [2.75, 3.05) is 6.54 Å². The van der Waals surface area contributed by atoms with Gasteiger partial charge >= 0.3 is 0 Å². The lowest BCUT2D eigenvalue weighted by Crippen LogP contribution is -2.25. The topological polar surface area (TPSA) is 12.0 Å². The monoisotopic (exact) mass is 297 g/mol. The Labute approximate surface area is 120 Å². The van der Waals surface area contributed by atoms with Gasteiger partial charge in [0, 0.05) is 23.3 Å². The van der Waals surface area contributed by atoms with E-state index in [1.165, 1.54) is 6.07 Å². The van der Waals surface area contributed by atoms with Crippen molar-refractivity contribution in [3.8, 4) is 0 Å². The fraction of sp³-hybridized carbons (Fsp3) is 0.250. The van der Waals surface area contributed by atoms with Gasteiger partial charge in [-0.1, -0.05) is 25.1 Å². The molecule has 0 heterocycles. The Morgan fingerprint density at radius 1 is 1.05 bits per heavy atom. The first-order chi connectivity index (χ1) is 9.95. The summed E-state index contributed by atoms with van der Waals surface area (Å²) < 4.78 is 55.2. The Bertz CT molecular complexity index is 632. The average molecular weight is 297 g/mol. The molecule has 1 atom stereocenters. The first-order valence-corrected chi connectivity index (χ1v) is 6.58. The molecule has 1 unspecified atom stereocenters. The van der Waals surface area contributed by atoms with Gasteiger partial charge in [0.2, 0.25) is 0 Å². The lowest BCUT2D eigenvalue weighted by molar-refractivity contribution is 0.480. The molecule has 0 aliphatic carbocycles. The normalized spacial score (nSPS) is 12.5. The highest BCUT2D eigenvalue weighted by Crippen LogP contribution is 2.30. The molecule has 0 aliphatic rings. The van der Waals surface area contributed by atoms with Gasteiger partial charge in [-0.3, -0.25) is 0 Å². The summed E-state index contributed by atoms with van der Waals surface area (Å²) in [5.41, 5.74) is 0.113. The maximum absolute atomic E-state index is 14.2. The molecule has 0 aliphatic heterocycles. The van der Waals surface area contributed by atoms with Crippen LogP contribution in [-0.4, -0.2) is 6.54 Å². The van der Waals surface area contributed by atoms with Crippen molar-refractivity contribution in [2.24, 2.45) is 0 Å². The summed E-state index contributed by atoms with van der Waals surface area (Å²) in [7, 11) is 0. The van der Waals surface area contributed by atoms with E-state index >= 15 is 0 Å². The molecule has 5 heteroatoms. The van der Waals surface area contributed by atoms with Crippen LogP contribution in [0.1, 0.15) is 29.7 Å². The van der Waals surface area contributed by atoms with E-state index in [2.05, 4.69) is 5.32 Å². The second-order valence-electron chi connectivity index (χ2n) is 4.75. The highest BCUT2D eigenvalue weighted by atomic mass is 19.1. The van der Waals surface area contributed by atoms with Crippen LogP contribution >= 0.6 is 0 Å². The predicted molar refractivity (Wildman–Crippen MR) is 73.0 cm³/mol. The molecule has 0 bridgehead atoms. The summed E-state index contributed by atoms with van der Waals surface area (Å²) in [5.74, 6) is -3.63. The van der Waals surface area contributed by atoms with E-state index in [1.54, 1.807) is 26.0 Å². The number of nitrogens with one attached hydrogen (secondary N) is 1. The standard InChI is InChI=1S/C16H15F4N/c1-3-21-16(11-6-4-5-9(2)15(11)20)14-12(18)7-10(17)8-13(14)19/h4-8,16,21H,3H2,1-2H3. The number of hydrogen-bond donors (Lipinski definition) is 1. The molecule has 1 N–H and O–H groups in total. The zero-order valence-corrected chi connectivity index (χ0v) is 11.7. The van der Waals surface area contributed by atoms with E-state index in [-0.39, 0.29) is 11.1 Å². The van der Waals surface area contributed by atoms with E-state index in [1.807, 2.05) is 0 Å². The quantitative estimate of drug-likeness (QED) is 0.832. The second-order valence-corrected chi connectivity index (χ2v) is 4.75. The van der Waals surface area contributed by atoms with Crippen molar-refractivity contribution in [1.82, 2.24) is 5.32 Å². The Balaban J connectivity index is 2.62. The molecule has 0 fully saturated rings. The van der Waals surface area contributed by atoms with Gasteiger partial charge in [-0.15, -0.1) is 0 Å². The number of rotatable bonds is 4. The minimum absolute atomic E-state index is 0.126. The van der Waals surface area contributed by atoms with Crippen LogP contribution in [0.2, 0.25) is 0 Å². The largest absolute Gasteiger partial charge is 0.306 e. The second kappa shape index (κ2) is 6.26. The first-order valence-electron chi connectivity index (χ1n) is 6.58. The number of halogens is 4. The molecule has 0 saturated heterocycles. The summed E-state index contributed by atoms with van der Waals surface area (Å²) in [6.45, 7) is 3.67. The van der Waals surface area contributed by atoms with Crippen molar-refractivity contribution < 1.29 is 17.6 Å². The van der Waals surface area contributed by atoms with Gasteiger partial charge in [0.15, 0.2) is 0 Å². The van der Waals surface area contributed by atoms with Crippen LogP contribution in [0.25, 0.3) is 0 Å². The maximum atomic E-state index is 14.2. The zero-order valence-electron chi connectivity index (χ0n) is 11.7. The van der Waals surface area contributed by atoms with E-state index in [9.17, 15) is 17.6 Å². The molecular weight excluding hydrogens is 282 g/mol. The van der Waals surface area contributed by atoms with Gasteiger partial charge in [0.05, 0.1) is 6.04 Å². The Hall–Kier alpha value is -1.88. The molecule has 0 saturated carbocycles. The summed E-state index contributed by atoms with van der Waals surface area (Å²) in [6.07, 6.45) is 0. The number of aryl methyl sites for hydroxylation is 1. The molecule has 1 nitrogen and oxygen atoms in total. The van der Waals surface area contributed by atoms with Gasteiger partial charge in [-0.05, 0) is 19.0 Å². The number of benzene rings is 2. The summed E-state index contributed by atoms with van der Waals surface area (Å²) in [4.78, 5) is 0. The van der Waals surface area contributed by atoms with E-state index < -0.39 is 29.3 Å². The Morgan fingerprint density at radius 2 is 1.67 bits per heavy atom. The minimum atomic E-state index is -1.04. The van der Waals surface area contributed by atoms with Gasteiger partial charge < -0.3 is 5.32 Å². The van der Waals surface area contributed by atoms with E-state index in [0.29, 0.717) is 24.2 Å². The molecule has 0 radical (unpaired) electrons. The van der Waals surface area contributed by atoms with E-state index in [4.69, 9.17) is 0 Å². The Morgan fingerprint density at radius 3 is 2.24 bits per heavy atom. The van der Waals surface area contributed by atoms with Crippen molar-refractivity contribution in [3.05, 3.63) is 70.3 Å². The zero-order chi connectivity index (χ0) is 15.6. The van der Waals surface area contributed by atoms with Crippen LogP contribution in [-0.2, 0) is 0 Å². The predicted octanol–water partition coefficient (Wildman–Crippen LogP) is 4.25. The highest BCUT2D eigenvalue weighted by Gasteiger charge is 2.25. The Kier molecular flexibility index (Phi) is 4.63. The molecule has 21 heavy (non-hydrogen) atoms. The van der Waals surface area contributed by atoms with Gasteiger partial charge in [0.25, 0.3) is 0 Å². The fourth-order valence-corrected chi connectivity index (χ4v) is 2.29. The van der Waals surface area contributed by atoms with Crippen molar-refractivity contribution in [3.63, 3.8) is 0 Å². The molecule has 112 valence electrons. The van der Waals surface area contributed by atoms with Crippen molar-refractivity contribution in [2.45, 2.75) is 19.9 Å². The molecule has 2 aromatic carbocycles. The molecule has 2 aromatic rings. The molecule has 0 spiro atoms. The van der Waals surface area contributed by atoms with Gasteiger partial charge in [-0.2, -0.15) is 0 Å². The maximum Gasteiger partial charge on any atom is 0.134 e. The molecule has 0 aromatic heterocycles. The molecule has 2 rings (SSSR count). The first kappa shape index (κ1) is 15.5. The van der Waals surface area contributed by atoms with Gasteiger partial charge in [0.1, 0.15) is 23.3 Å². The van der Waals surface area contributed by atoms with Crippen LogP contribution in [0.5, 0.6) is 0 Å². The summed E-state index contributed by atoms with van der Waals surface area (Å²) in [5, 5.41) is 2.84. The average Bonchev–Trinajstić information content (AvgIpc) is 2.40. The fourth-order valence-electron chi connectivity index (χ4n) is 2.29. The van der Waals surface area contributed by atoms with E-state index in [0.717, 1.165) is 0 Å². The van der Waals surface area contributed by atoms with Crippen LogP contribution in [0.15, 0.2) is 30.3 Å². The van der Waals surface area contributed by atoms with Crippen LogP contribution in [0, 0.1) is 30.2 Å². The van der Waals surface area contributed by atoms with Crippen molar-refractivity contribution >= 4 is 0 Å². The van der Waals surface area contributed by atoms with Crippen LogP contribution in [0.3, 0.4) is 0 Å². The molecule has 0 amide bonds. The lowest BCUT2D eigenvalue weighted by atomic mass is 9.95. The van der Waals surface area contributed by atoms with Crippen LogP contribution in [0.4, 0.5) is 17.6 Å².